The Kier molecular flexibility index (Phi) is 9.38. The molecule has 0 radical (unpaired) electrons. The van der Waals surface area contributed by atoms with Crippen LogP contribution in [0.2, 0.25) is 0 Å². The van der Waals surface area contributed by atoms with E-state index in [0.717, 1.165) is 31.6 Å². The summed E-state index contributed by atoms with van der Waals surface area (Å²) in [5.74, 6) is 0.235. The van der Waals surface area contributed by atoms with Crippen LogP contribution in [0.3, 0.4) is 0 Å². The van der Waals surface area contributed by atoms with E-state index in [2.05, 4.69) is 27.8 Å². The average molecular weight is 407 g/mol. The maximum atomic E-state index is 13.0. The molecule has 0 aliphatic carbocycles. The number of halogens is 1. The first kappa shape index (κ1) is 23.1. The van der Waals surface area contributed by atoms with E-state index in [1.54, 1.807) is 12.1 Å². The second-order valence-corrected chi connectivity index (χ2v) is 8.21. The zero-order valence-electron chi connectivity index (χ0n) is 17.8. The van der Waals surface area contributed by atoms with Crippen LogP contribution < -0.4 is 16.0 Å². The van der Waals surface area contributed by atoms with Gasteiger partial charge in [0.05, 0.1) is 0 Å². The van der Waals surface area contributed by atoms with Crippen LogP contribution >= 0.6 is 0 Å². The molecule has 29 heavy (non-hydrogen) atoms. The van der Waals surface area contributed by atoms with E-state index in [1.807, 2.05) is 13.8 Å². The number of likely N-dealkylation sites (tertiary alicyclic amines) is 1. The van der Waals surface area contributed by atoms with E-state index < -0.39 is 12.1 Å². The normalized spacial score (nSPS) is 19.2. The Balaban J connectivity index is 1.79. The van der Waals surface area contributed by atoms with E-state index in [-0.39, 0.29) is 24.3 Å². The smallest absolute Gasteiger partial charge is 0.315 e. The van der Waals surface area contributed by atoms with Gasteiger partial charge in [0.2, 0.25) is 5.91 Å². The van der Waals surface area contributed by atoms with Crippen LogP contribution in [-0.4, -0.2) is 48.6 Å². The topological polar surface area (TPSA) is 73.5 Å². The molecule has 3 unspecified atom stereocenters. The van der Waals surface area contributed by atoms with Gasteiger partial charge in [-0.2, -0.15) is 0 Å². The lowest BCUT2D eigenvalue weighted by molar-refractivity contribution is -0.123. The lowest BCUT2D eigenvalue weighted by atomic mass is 10.00. The van der Waals surface area contributed by atoms with Gasteiger partial charge in [0.25, 0.3) is 0 Å². The molecule has 3 atom stereocenters. The number of carbonyl (C=O) groups excluding carboxylic acids is 2. The number of benzene rings is 1. The van der Waals surface area contributed by atoms with Crippen molar-refractivity contribution in [1.82, 2.24) is 20.9 Å². The molecule has 0 aromatic heterocycles. The zero-order chi connectivity index (χ0) is 21.2. The van der Waals surface area contributed by atoms with Crippen LogP contribution in [0.1, 0.15) is 52.0 Å². The van der Waals surface area contributed by atoms with Crippen LogP contribution in [0, 0.1) is 11.7 Å². The van der Waals surface area contributed by atoms with Gasteiger partial charge in [0.15, 0.2) is 0 Å². The summed E-state index contributed by atoms with van der Waals surface area (Å²) in [6.45, 7) is 9.50. The van der Waals surface area contributed by atoms with Crippen molar-refractivity contribution < 1.29 is 14.0 Å². The summed E-state index contributed by atoms with van der Waals surface area (Å²) in [4.78, 5) is 27.3. The van der Waals surface area contributed by atoms with E-state index in [0.29, 0.717) is 12.3 Å². The lowest BCUT2D eigenvalue weighted by Gasteiger charge is -2.33. The van der Waals surface area contributed by atoms with E-state index in [4.69, 9.17) is 0 Å². The highest BCUT2D eigenvalue weighted by Crippen LogP contribution is 2.15. The number of nitrogens with zero attached hydrogens (tertiary/aromatic N) is 1. The number of amides is 3. The Labute approximate surface area is 173 Å². The molecule has 0 spiro atoms. The van der Waals surface area contributed by atoms with Gasteiger partial charge in [-0.05, 0) is 56.3 Å². The molecular weight excluding hydrogens is 371 g/mol. The van der Waals surface area contributed by atoms with Gasteiger partial charge in [0, 0.05) is 25.7 Å². The van der Waals surface area contributed by atoms with E-state index >= 15 is 0 Å². The van der Waals surface area contributed by atoms with Crippen molar-refractivity contribution in [3.8, 4) is 0 Å². The fourth-order valence-corrected chi connectivity index (χ4v) is 3.78. The van der Waals surface area contributed by atoms with Crippen molar-refractivity contribution in [3.05, 3.63) is 35.6 Å². The third-order valence-corrected chi connectivity index (χ3v) is 5.23. The number of piperidine rings is 1. The Morgan fingerprint density at radius 2 is 1.97 bits per heavy atom. The van der Waals surface area contributed by atoms with Gasteiger partial charge in [-0.1, -0.05) is 32.4 Å². The van der Waals surface area contributed by atoms with Crippen LogP contribution in [0.4, 0.5) is 9.18 Å². The number of nitrogens with one attached hydrogen (secondary N) is 3. The van der Waals surface area contributed by atoms with Crippen molar-refractivity contribution in [2.24, 2.45) is 5.92 Å². The Morgan fingerprint density at radius 1 is 1.24 bits per heavy atom. The second kappa shape index (κ2) is 11.8. The largest absolute Gasteiger partial charge is 0.351 e. The fourth-order valence-electron chi connectivity index (χ4n) is 3.78. The number of carbonyl (C=O) groups is 2. The van der Waals surface area contributed by atoms with Gasteiger partial charge >= 0.3 is 6.03 Å². The molecule has 0 saturated carbocycles. The molecule has 1 saturated heterocycles. The average Bonchev–Trinajstić information content (AvgIpc) is 2.67. The summed E-state index contributed by atoms with van der Waals surface area (Å²) >= 11 is 0. The molecule has 3 amide bonds. The first-order valence-electron chi connectivity index (χ1n) is 10.7. The molecule has 0 bridgehead atoms. The molecule has 6 nitrogen and oxygen atoms in total. The molecular formula is C22H35FN4O2. The molecule has 1 aromatic carbocycles. The van der Waals surface area contributed by atoms with Crippen molar-refractivity contribution >= 4 is 11.9 Å². The second-order valence-electron chi connectivity index (χ2n) is 8.21. The Hall–Kier alpha value is -2.15. The summed E-state index contributed by atoms with van der Waals surface area (Å²) in [5.41, 5.74) is 0.794. The molecule has 1 aliphatic rings. The third-order valence-electron chi connectivity index (χ3n) is 5.23. The van der Waals surface area contributed by atoms with Crippen molar-refractivity contribution in [1.29, 1.82) is 0 Å². The molecule has 1 aromatic rings. The highest BCUT2D eigenvalue weighted by molar-refractivity contribution is 5.87. The fraction of sp³-hybridized carbons (Fsp3) is 0.636. The lowest BCUT2D eigenvalue weighted by Crippen LogP contribution is -2.53. The van der Waals surface area contributed by atoms with Gasteiger partial charge in [0.1, 0.15) is 11.9 Å². The number of urea groups is 1. The van der Waals surface area contributed by atoms with Crippen LogP contribution in [0.25, 0.3) is 0 Å². The predicted molar refractivity (Wildman–Crippen MR) is 113 cm³/mol. The highest BCUT2D eigenvalue weighted by Gasteiger charge is 2.23. The minimum atomic E-state index is -0.573. The molecule has 7 heteroatoms. The summed E-state index contributed by atoms with van der Waals surface area (Å²) < 4.78 is 13.0. The molecule has 1 fully saturated rings. The standard InChI is InChI=1S/C22H35FN4O2/c1-4-6-20(26-22(29)24-13-18-8-10-19(23)11-9-18)21(28)25-17(3)15-27-12-5-7-16(2)14-27/h8-11,16-17,20H,4-7,12-15H2,1-3H3,(H,25,28)(H2,24,26,29). The predicted octanol–water partition coefficient (Wildman–Crippen LogP) is 3.03. The summed E-state index contributed by atoms with van der Waals surface area (Å²) in [5, 5.41) is 8.54. The minimum Gasteiger partial charge on any atom is -0.351 e. The number of rotatable bonds is 9. The SMILES string of the molecule is CCCC(NC(=O)NCc1ccc(F)cc1)C(=O)NC(C)CN1CCCC(C)C1. The molecule has 1 aliphatic heterocycles. The monoisotopic (exact) mass is 406 g/mol. The zero-order valence-corrected chi connectivity index (χ0v) is 17.8. The summed E-state index contributed by atoms with van der Waals surface area (Å²) in [6, 6.07) is 5.00. The van der Waals surface area contributed by atoms with Crippen molar-refractivity contribution in [2.75, 3.05) is 19.6 Å². The molecule has 1 heterocycles. The molecule has 162 valence electrons. The minimum absolute atomic E-state index is 0.0243. The van der Waals surface area contributed by atoms with Crippen molar-refractivity contribution in [3.63, 3.8) is 0 Å². The first-order valence-corrected chi connectivity index (χ1v) is 10.7. The first-order chi connectivity index (χ1) is 13.9. The van der Waals surface area contributed by atoms with Crippen LogP contribution in [0.15, 0.2) is 24.3 Å². The van der Waals surface area contributed by atoms with Crippen molar-refractivity contribution in [2.45, 2.75) is 65.1 Å². The van der Waals surface area contributed by atoms with E-state index in [1.165, 1.54) is 25.0 Å². The molecule has 3 N–H and O–H groups in total. The number of hydrogen-bond acceptors (Lipinski definition) is 3. The van der Waals surface area contributed by atoms with Gasteiger partial charge in [-0.3, -0.25) is 4.79 Å². The van der Waals surface area contributed by atoms with Gasteiger partial charge in [-0.15, -0.1) is 0 Å². The van der Waals surface area contributed by atoms with Gasteiger partial charge in [-0.25, -0.2) is 9.18 Å². The third kappa shape index (κ3) is 8.40. The van der Waals surface area contributed by atoms with Crippen LogP contribution in [0.5, 0.6) is 0 Å². The quantitative estimate of drug-likeness (QED) is 0.590. The highest BCUT2D eigenvalue weighted by atomic mass is 19.1. The van der Waals surface area contributed by atoms with Crippen LogP contribution in [-0.2, 0) is 11.3 Å². The maximum absolute atomic E-state index is 13.0. The van der Waals surface area contributed by atoms with E-state index in [9.17, 15) is 14.0 Å². The maximum Gasteiger partial charge on any atom is 0.315 e. The van der Waals surface area contributed by atoms with Gasteiger partial charge < -0.3 is 20.9 Å². The molecule has 2 rings (SSSR count). The summed E-state index contributed by atoms with van der Waals surface area (Å²) in [6.07, 6.45) is 3.83. The Morgan fingerprint density at radius 3 is 2.62 bits per heavy atom. The number of hydrogen-bond donors (Lipinski definition) is 3. The Bertz CT molecular complexity index is 653. The summed E-state index contributed by atoms with van der Waals surface area (Å²) in [7, 11) is 0.